The van der Waals surface area contributed by atoms with Gasteiger partial charge < -0.3 is 11.1 Å². The number of nitrogen functional groups attached to an aromatic ring is 1. The van der Waals surface area contributed by atoms with E-state index in [4.69, 9.17) is 5.73 Å². The number of nitrogens with one attached hydrogen (secondary N) is 1. The lowest BCUT2D eigenvalue weighted by Gasteiger charge is -2.26. The highest BCUT2D eigenvalue weighted by Crippen LogP contribution is 2.22. The summed E-state index contributed by atoms with van der Waals surface area (Å²) < 4.78 is 0.832. The van der Waals surface area contributed by atoms with E-state index in [9.17, 15) is 4.79 Å². The van der Waals surface area contributed by atoms with Crippen molar-refractivity contribution in [1.29, 1.82) is 0 Å². The predicted molar refractivity (Wildman–Crippen MR) is 89.4 cm³/mol. The third-order valence-corrected chi connectivity index (χ3v) is 4.87. The van der Waals surface area contributed by atoms with Crippen LogP contribution in [0.4, 0.5) is 5.69 Å². The molecule has 6 heteroatoms. The number of carbonyl (C=O) groups excluding carboxylic acids is 1. The van der Waals surface area contributed by atoms with Crippen molar-refractivity contribution >= 4 is 39.3 Å². The number of hydrogen-bond donors (Lipinski definition) is 2. The smallest absolute Gasteiger partial charge is 0.251 e. The Morgan fingerprint density at radius 2 is 2.15 bits per heavy atom. The molecule has 1 amide bonds. The minimum Gasteiger partial charge on any atom is -0.398 e. The molecular formula is C14H20BrN3OS. The van der Waals surface area contributed by atoms with Crippen LogP contribution in [0.25, 0.3) is 0 Å². The second-order valence-electron chi connectivity index (χ2n) is 4.88. The number of carbonyl (C=O) groups is 1. The first-order valence-electron chi connectivity index (χ1n) is 6.72. The van der Waals surface area contributed by atoms with Gasteiger partial charge in [-0.05, 0) is 24.6 Å². The van der Waals surface area contributed by atoms with Gasteiger partial charge in [0.25, 0.3) is 5.91 Å². The summed E-state index contributed by atoms with van der Waals surface area (Å²) in [5.41, 5.74) is 8.00. The fourth-order valence-electron chi connectivity index (χ4n) is 2.18. The molecule has 4 nitrogen and oxygen atoms in total. The van der Waals surface area contributed by atoms with Crippen molar-refractivity contribution in [1.82, 2.24) is 10.2 Å². The highest BCUT2D eigenvalue weighted by molar-refractivity contribution is 9.10. The number of halogens is 1. The maximum Gasteiger partial charge on any atom is 0.251 e. The van der Waals surface area contributed by atoms with Crippen LogP contribution < -0.4 is 11.1 Å². The molecule has 1 aliphatic rings. The van der Waals surface area contributed by atoms with Gasteiger partial charge in [0.15, 0.2) is 0 Å². The molecule has 0 bridgehead atoms. The topological polar surface area (TPSA) is 58.4 Å². The Hall–Kier alpha value is -0.720. The lowest BCUT2D eigenvalue weighted by Crippen LogP contribution is -2.39. The van der Waals surface area contributed by atoms with Gasteiger partial charge in [0, 0.05) is 53.4 Å². The largest absolute Gasteiger partial charge is 0.398 e. The summed E-state index contributed by atoms with van der Waals surface area (Å²) >= 11 is 5.37. The zero-order valence-electron chi connectivity index (χ0n) is 11.6. The van der Waals surface area contributed by atoms with Crippen LogP contribution in [-0.2, 0) is 0 Å². The number of benzene rings is 1. The number of amides is 1. The first-order chi connectivity index (χ1) is 9.58. The second kappa shape index (κ2) is 7.33. The molecule has 3 N–H and O–H groups in total. The molecular weight excluding hydrogens is 338 g/mol. The molecule has 1 aliphatic heterocycles. The van der Waals surface area contributed by atoms with Crippen molar-refractivity contribution in [2.24, 2.45) is 0 Å². The Balaban J connectivity index is 1.88. The molecule has 2 rings (SSSR count). The maximum atomic E-state index is 12.2. The van der Waals surface area contributed by atoms with Gasteiger partial charge in [-0.3, -0.25) is 9.69 Å². The van der Waals surface area contributed by atoms with E-state index in [0.29, 0.717) is 17.8 Å². The standard InChI is InChI=1S/C14H20BrN3OS/c1-10-12(8-11(15)9-13(10)16)14(19)17-2-3-18-4-6-20-7-5-18/h8-9H,2-7,16H2,1H3,(H,17,19). The van der Waals surface area contributed by atoms with Gasteiger partial charge in [-0.25, -0.2) is 0 Å². The molecule has 20 heavy (non-hydrogen) atoms. The van der Waals surface area contributed by atoms with Crippen LogP contribution in [0.1, 0.15) is 15.9 Å². The van der Waals surface area contributed by atoms with Crippen molar-refractivity contribution in [3.05, 3.63) is 27.7 Å². The molecule has 1 fully saturated rings. The Labute approximate surface area is 132 Å². The summed E-state index contributed by atoms with van der Waals surface area (Å²) in [5.74, 6) is 2.33. The lowest BCUT2D eigenvalue weighted by atomic mass is 10.1. The second-order valence-corrected chi connectivity index (χ2v) is 7.02. The summed E-state index contributed by atoms with van der Waals surface area (Å²) in [4.78, 5) is 14.6. The van der Waals surface area contributed by atoms with E-state index >= 15 is 0 Å². The van der Waals surface area contributed by atoms with Gasteiger partial charge in [0.05, 0.1) is 0 Å². The molecule has 1 saturated heterocycles. The zero-order chi connectivity index (χ0) is 14.5. The first-order valence-corrected chi connectivity index (χ1v) is 8.66. The van der Waals surface area contributed by atoms with E-state index < -0.39 is 0 Å². The Kier molecular flexibility index (Phi) is 5.74. The van der Waals surface area contributed by atoms with E-state index in [1.165, 1.54) is 11.5 Å². The fraction of sp³-hybridized carbons (Fsp3) is 0.500. The number of nitrogens with two attached hydrogens (primary N) is 1. The summed E-state index contributed by atoms with van der Waals surface area (Å²) in [5, 5.41) is 2.98. The zero-order valence-corrected chi connectivity index (χ0v) is 14.0. The van der Waals surface area contributed by atoms with Crippen molar-refractivity contribution in [3.63, 3.8) is 0 Å². The molecule has 0 atom stereocenters. The Morgan fingerprint density at radius 3 is 2.85 bits per heavy atom. The molecule has 0 aliphatic carbocycles. The Morgan fingerprint density at radius 1 is 1.45 bits per heavy atom. The van der Waals surface area contributed by atoms with Gasteiger partial charge in [0.1, 0.15) is 0 Å². The van der Waals surface area contributed by atoms with E-state index in [1.807, 2.05) is 30.8 Å². The number of anilines is 1. The van der Waals surface area contributed by atoms with E-state index in [0.717, 1.165) is 29.7 Å². The average Bonchev–Trinajstić information content (AvgIpc) is 2.44. The van der Waals surface area contributed by atoms with Crippen LogP contribution in [0.3, 0.4) is 0 Å². The number of nitrogens with zero attached hydrogens (tertiary/aromatic N) is 1. The van der Waals surface area contributed by atoms with Crippen LogP contribution in [0.15, 0.2) is 16.6 Å². The van der Waals surface area contributed by atoms with Crippen LogP contribution in [0.2, 0.25) is 0 Å². The number of thioether (sulfide) groups is 1. The maximum absolute atomic E-state index is 12.2. The summed E-state index contributed by atoms with van der Waals surface area (Å²) in [7, 11) is 0. The SMILES string of the molecule is Cc1c(N)cc(Br)cc1C(=O)NCCN1CCSCC1. The molecule has 0 radical (unpaired) electrons. The van der Waals surface area contributed by atoms with Gasteiger partial charge in [-0.2, -0.15) is 11.8 Å². The fourth-order valence-corrected chi connectivity index (χ4v) is 3.64. The first kappa shape index (κ1) is 15.7. The molecule has 0 aromatic heterocycles. The highest BCUT2D eigenvalue weighted by Gasteiger charge is 2.13. The van der Waals surface area contributed by atoms with Gasteiger partial charge in [-0.1, -0.05) is 15.9 Å². The minimum atomic E-state index is -0.0538. The summed E-state index contributed by atoms with van der Waals surface area (Å²) in [6.45, 7) is 5.69. The lowest BCUT2D eigenvalue weighted by molar-refractivity contribution is 0.0948. The van der Waals surface area contributed by atoms with Crippen molar-refractivity contribution < 1.29 is 4.79 Å². The van der Waals surface area contributed by atoms with Crippen molar-refractivity contribution in [3.8, 4) is 0 Å². The van der Waals surface area contributed by atoms with E-state index in [1.54, 1.807) is 0 Å². The van der Waals surface area contributed by atoms with Crippen LogP contribution in [0.5, 0.6) is 0 Å². The van der Waals surface area contributed by atoms with Gasteiger partial charge >= 0.3 is 0 Å². The average molecular weight is 358 g/mol. The molecule has 1 aromatic rings. The third-order valence-electron chi connectivity index (χ3n) is 3.47. The van der Waals surface area contributed by atoms with Crippen molar-refractivity contribution in [2.75, 3.05) is 43.4 Å². The molecule has 0 saturated carbocycles. The third kappa shape index (κ3) is 4.14. The number of hydrogen-bond acceptors (Lipinski definition) is 4. The molecule has 110 valence electrons. The molecule has 1 heterocycles. The van der Waals surface area contributed by atoms with Gasteiger partial charge in [-0.15, -0.1) is 0 Å². The predicted octanol–water partition coefficient (Wildman–Crippen LogP) is 2.12. The number of rotatable bonds is 4. The summed E-state index contributed by atoms with van der Waals surface area (Å²) in [6.07, 6.45) is 0. The van der Waals surface area contributed by atoms with Crippen LogP contribution in [0, 0.1) is 6.92 Å². The van der Waals surface area contributed by atoms with Crippen LogP contribution in [-0.4, -0.2) is 48.5 Å². The van der Waals surface area contributed by atoms with Crippen molar-refractivity contribution in [2.45, 2.75) is 6.92 Å². The van der Waals surface area contributed by atoms with Gasteiger partial charge in [0.2, 0.25) is 0 Å². The van der Waals surface area contributed by atoms with Crippen LogP contribution >= 0.6 is 27.7 Å². The van der Waals surface area contributed by atoms with E-state index in [-0.39, 0.29) is 5.91 Å². The van der Waals surface area contributed by atoms with E-state index in [2.05, 4.69) is 26.1 Å². The minimum absolute atomic E-state index is 0.0538. The summed E-state index contributed by atoms with van der Waals surface area (Å²) in [6, 6.07) is 3.63. The normalized spacial score (nSPS) is 16.1. The highest BCUT2D eigenvalue weighted by atomic mass is 79.9. The quantitative estimate of drug-likeness (QED) is 0.810. The molecule has 1 aromatic carbocycles. The Bertz CT molecular complexity index is 490. The monoisotopic (exact) mass is 357 g/mol. The molecule has 0 unspecified atom stereocenters. The molecule has 0 spiro atoms.